The van der Waals surface area contributed by atoms with Crippen molar-refractivity contribution in [2.75, 3.05) is 19.8 Å². The second-order valence-electron chi connectivity index (χ2n) is 1.88. The molecule has 84 valence electrons. The number of hydrogen-bond donors (Lipinski definition) is 1. The zero-order chi connectivity index (χ0) is 11.4. The van der Waals surface area contributed by atoms with Crippen LogP contribution in [0.4, 0.5) is 4.79 Å². The molecule has 1 N–H and O–H groups in total. The summed E-state index contributed by atoms with van der Waals surface area (Å²) < 4.78 is 9.07. The molecule has 5 heteroatoms. The normalized spacial score (nSPS) is 8.00. The van der Waals surface area contributed by atoms with Crippen LogP contribution in [-0.4, -0.2) is 31.8 Å². The fraction of sp³-hybridized carbons (Fsp3) is 0.778. The van der Waals surface area contributed by atoms with Gasteiger partial charge >= 0.3 is 12.1 Å². The third kappa shape index (κ3) is 10.7. The van der Waals surface area contributed by atoms with Crippen LogP contribution >= 0.6 is 0 Å². The Hall–Kier alpha value is -1.26. The maximum absolute atomic E-state index is 10.7. The molecule has 0 aromatic heterocycles. The highest BCUT2D eigenvalue weighted by Gasteiger charge is 2.04. The zero-order valence-electron chi connectivity index (χ0n) is 9.25. The number of rotatable bonds is 4. The van der Waals surface area contributed by atoms with Gasteiger partial charge in [0, 0.05) is 0 Å². The van der Waals surface area contributed by atoms with Gasteiger partial charge in [0.15, 0.2) is 0 Å². The molecular weight excluding hydrogens is 186 g/mol. The van der Waals surface area contributed by atoms with Gasteiger partial charge in [-0.3, -0.25) is 4.79 Å². The highest BCUT2D eigenvalue weighted by molar-refractivity contribution is 5.77. The van der Waals surface area contributed by atoms with Gasteiger partial charge in [-0.15, -0.1) is 0 Å². The van der Waals surface area contributed by atoms with E-state index in [2.05, 4.69) is 14.8 Å². The van der Waals surface area contributed by atoms with E-state index in [-0.39, 0.29) is 13.2 Å². The highest BCUT2D eigenvalue weighted by Crippen LogP contribution is 1.78. The Morgan fingerprint density at radius 1 is 1.07 bits per heavy atom. The largest absolute Gasteiger partial charge is 0.465 e. The highest BCUT2D eigenvalue weighted by atomic mass is 16.6. The van der Waals surface area contributed by atoms with Crippen LogP contribution < -0.4 is 5.32 Å². The zero-order valence-corrected chi connectivity index (χ0v) is 9.25. The minimum Gasteiger partial charge on any atom is -0.465 e. The lowest BCUT2D eigenvalue weighted by Crippen LogP contribution is -2.31. The number of ether oxygens (including phenoxy) is 2. The van der Waals surface area contributed by atoms with Gasteiger partial charge < -0.3 is 14.8 Å². The number of carbonyl (C=O) groups is 2. The molecule has 0 radical (unpaired) electrons. The molecule has 0 aromatic rings. The molecule has 0 saturated carbocycles. The van der Waals surface area contributed by atoms with Gasteiger partial charge in [-0.2, -0.15) is 0 Å². The number of hydrogen-bond acceptors (Lipinski definition) is 4. The van der Waals surface area contributed by atoms with Crippen LogP contribution in [0.25, 0.3) is 0 Å². The molecule has 0 aliphatic heterocycles. The van der Waals surface area contributed by atoms with Gasteiger partial charge in [0.05, 0.1) is 13.2 Å². The van der Waals surface area contributed by atoms with E-state index in [0.717, 1.165) is 0 Å². The Labute approximate surface area is 84.8 Å². The Morgan fingerprint density at radius 2 is 1.57 bits per heavy atom. The first-order chi connectivity index (χ1) is 6.70. The summed E-state index contributed by atoms with van der Waals surface area (Å²) in [6.45, 7) is 7.83. The van der Waals surface area contributed by atoms with E-state index in [1.807, 2.05) is 13.8 Å². The maximum Gasteiger partial charge on any atom is 0.407 e. The molecule has 0 fully saturated rings. The topological polar surface area (TPSA) is 64.6 Å². The van der Waals surface area contributed by atoms with E-state index >= 15 is 0 Å². The molecule has 0 spiro atoms. The van der Waals surface area contributed by atoms with Gasteiger partial charge in [0.1, 0.15) is 6.54 Å². The monoisotopic (exact) mass is 205 g/mol. The molecule has 5 nitrogen and oxygen atoms in total. The van der Waals surface area contributed by atoms with Gasteiger partial charge in [-0.25, -0.2) is 4.79 Å². The lowest BCUT2D eigenvalue weighted by Gasteiger charge is -2.03. The summed E-state index contributed by atoms with van der Waals surface area (Å²) in [6, 6.07) is 0. The Bertz CT molecular complexity index is 141. The maximum atomic E-state index is 10.7. The van der Waals surface area contributed by atoms with Crippen LogP contribution in [0.3, 0.4) is 0 Å². The lowest BCUT2D eigenvalue weighted by molar-refractivity contribution is -0.141. The molecule has 0 aliphatic rings. The van der Waals surface area contributed by atoms with Gasteiger partial charge in [-0.05, 0) is 13.8 Å². The van der Waals surface area contributed by atoms with Crippen molar-refractivity contribution in [2.24, 2.45) is 0 Å². The van der Waals surface area contributed by atoms with Crippen molar-refractivity contribution >= 4 is 12.1 Å². The van der Waals surface area contributed by atoms with Crippen molar-refractivity contribution in [3.63, 3.8) is 0 Å². The van der Waals surface area contributed by atoms with Crippen molar-refractivity contribution in [1.82, 2.24) is 5.32 Å². The summed E-state index contributed by atoms with van der Waals surface area (Å²) in [6.07, 6.45) is -0.606. The molecule has 1 amide bonds. The molecule has 0 atom stereocenters. The van der Waals surface area contributed by atoms with E-state index < -0.39 is 12.1 Å². The summed E-state index contributed by atoms with van der Waals surface area (Å²) in [5, 5.41) is 2.23. The molecule has 0 unspecified atom stereocenters. The average molecular weight is 205 g/mol. The number of carbonyl (C=O) groups excluding carboxylic acids is 2. The summed E-state index contributed by atoms with van der Waals surface area (Å²) >= 11 is 0. The first-order valence-electron chi connectivity index (χ1n) is 4.77. The van der Waals surface area contributed by atoms with Crippen molar-refractivity contribution < 1.29 is 19.1 Å². The molecular formula is C9H19NO4. The van der Waals surface area contributed by atoms with Crippen LogP contribution in [-0.2, 0) is 14.3 Å². The summed E-state index contributed by atoms with van der Waals surface area (Å²) in [7, 11) is 0. The molecule has 0 aromatic carbocycles. The Morgan fingerprint density at radius 3 is 2.00 bits per heavy atom. The summed E-state index contributed by atoms with van der Waals surface area (Å²) in [5.74, 6) is -0.467. The fourth-order valence-electron chi connectivity index (χ4n) is 0.538. The predicted molar refractivity (Wildman–Crippen MR) is 53.0 cm³/mol. The van der Waals surface area contributed by atoms with Crippen LogP contribution in [0.15, 0.2) is 0 Å². The van der Waals surface area contributed by atoms with Gasteiger partial charge in [0.2, 0.25) is 0 Å². The van der Waals surface area contributed by atoms with Crippen LogP contribution in [0.1, 0.15) is 27.7 Å². The van der Waals surface area contributed by atoms with E-state index in [9.17, 15) is 9.59 Å². The number of alkyl carbamates (subject to hydrolysis) is 1. The van der Waals surface area contributed by atoms with Crippen LogP contribution in [0.2, 0.25) is 0 Å². The van der Waals surface area contributed by atoms with Crippen molar-refractivity contribution in [1.29, 1.82) is 0 Å². The van der Waals surface area contributed by atoms with E-state index in [1.54, 1.807) is 13.8 Å². The quantitative estimate of drug-likeness (QED) is 0.703. The van der Waals surface area contributed by atoms with E-state index in [1.165, 1.54) is 0 Å². The minimum atomic E-state index is -0.606. The number of amides is 1. The summed E-state index contributed by atoms with van der Waals surface area (Å²) in [4.78, 5) is 21.3. The summed E-state index contributed by atoms with van der Waals surface area (Å²) in [5.41, 5.74) is 0. The Kier molecular flexibility index (Phi) is 12.8. The van der Waals surface area contributed by atoms with Crippen LogP contribution in [0, 0.1) is 0 Å². The number of nitrogens with one attached hydrogen (secondary N) is 1. The van der Waals surface area contributed by atoms with E-state index in [4.69, 9.17) is 0 Å². The molecule has 0 heterocycles. The third-order valence-corrected chi connectivity index (χ3v) is 0.958. The standard InChI is InChI=1S/C7H13NO4.C2H6/c1-3-11-6(9)5-8-7(10)12-4-2;1-2/h3-5H2,1-2H3,(H,8,10);1-2H3. The molecule has 0 saturated heterocycles. The third-order valence-electron chi connectivity index (χ3n) is 0.958. The molecule has 0 rings (SSSR count). The lowest BCUT2D eigenvalue weighted by atomic mass is 10.6. The minimum absolute atomic E-state index is 0.146. The Balaban J connectivity index is 0. The van der Waals surface area contributed by atoms with E-state index in [0.29, 0.717) is 6.61 Å². The van der Waals surface area contributed by atoms with Crippen molar-refractivity contribution in [3.8, 4) is 0 Å². The smallest absolute Gasteiger partial charge is 0.407 e. The van der Waals surface area contributed by atoms with Gasteiger partial charge in [0.25, 0.3) is 0 Å². The fourth-order valence-corrected chi connectivity index (χ4v) is 0.538. The second kappa shape index (κ2) is 11.7. The number of esters is 1. The molecule has 0 aliphatic carbocycles. The molecule has 14 heavy (non-hydrogen) atoms. The first-order valence-corrected chi connectivity index (χ1v) is 4.77. The predicted octanol–water partition coefficient (Wildman–Crippen LogP) is 1.32. The first kappa shape index (κ1) is 15.2. The SMILES string of the molecule is CC.CCOC(=O)CNC(=O)OCC. The molecule has 0 bridgehead atoms. The second-order valence-corrected chi connectivity index (χ2v) is 1.88. The van der Waals surface area contributed by atoms with Crippen molar-refractivity contribution in [3.05, 3.63) is 0 Å². The average Bonchev–Trinajstić information content (AvgIpc) is 2.19. The van der Waals surface area contributed by atoms with Crippen LogP contribution in [0.5, 0.6) is 0 Å². The van der Waals surface area contributed by atoms with Crippen molar-refractivity contribution in [2.45, 2.75) is 27.7 Å². The van der Waals surface area contributed by atoms with Gasteiger partial charge in [-0.1, -0.05) is 13.8 Å².